The Morgan fingerprint density at radius 1 is 0.788 bits per heavy atom. The van der Waals surface area contributed by atoms with E-state index in [1.807, 2.05) is 48.2 Å². The molecule has 0 aliphatic carbocycles. The van der Waals surface area contributed by atoms with Gasteiger partial charge in [-0.1, -0.05) is 42.7 Å². The highest BCUT2D eigenvalue weighted by Gasteiger charge is 2.22. The molecule has 0 aromatic heterocycles. The fourth-order valence-corrected chi connectivity index (χ4v) is 4.64. The van der Waals surface area contributed by atoms with E-state index in [0.29, 0.717) is 26.1 Å². The van der Waals surface area contributed by atoms with E-state index < -0.39 is 0 Å². The molecule has 6 heteroatoms. The van der Waals surface area contributed by atoms with Crippen molar-refractivity contribution in [1.82, 2.24) is 9.80 Å². The molecule has 2 heterocycles. The lowest BCUT2D eigenvalue weighted by Crippen LogP contribution is -2.50. The summed E-state index contributed by atoms with van der Waals surface area (Å²) in [5.74, 6) is 0.157. The van der Waals surface area contributed by atoms with Crippen LogP contribution in [0.3, 0.4) is 0 Å². The van der Waals surface area contributed by atoms with Gasteiger partial charge in [-0.05, 0) is 49.6 Å². The highest BCUT2D eigenvalue weighted by molar-refractivity contribution is 5.92. The third-order valence-electron chi connectivity index (χ3n) is 6.69. The Morgan fingerprint density at radius 3 is 2.06 bits per heavy atom. The van der Waals surface area contributed by atoms with Crippen LogP contribution in [0.15, 0.2) is 48.5 Å². The molecule has 0 saturated carbocycles. The van der Waals surface area contributed by atoms with Crippen molar-refractivity contribution in [2.24, 2.45) is 0 Å². The number of hydrogen-bond donors (Lipinski definition) is 1. The maximum absolute atomic E-state index is 12.6. The topological polar surface area (TPSA) is 55.9 Å². The van der Waals surface area contributed by atoms with Gasteiger partial charge in [-0.25, -0.2) is 0 Å². The summed E-state index contributed by atoms with van der Waals surface area (Å²) in [6.07, 6.45) is 5.58. The van der Waals surface area contributed by atoms with Crippen molar-refractivity contribution in [2.45, 2.75) is 39.0 Å². The highest BCUT2D eigenvalue weighted by Crippen LogP contribution is 2.21. The van der Waals surface area contributed by atoms with Gasteiger partial charge in [0.2, 0.25) is 11.8 Å². The molecular formula is C27H36N4O2. The molecule has 2 saturated heterocycles. The minimum Gasteiger partial charge on any atom is -0.372 e. The zero-order valence-electron chi connectivity index (χ0n) is 19.8. The summed E-state index contributed by atoms with van der Waals surface area (Å²) in [5.41, 5.74) is 4.33. The molecular weight excluding hydrogens is 412 g/mol. The number of carbonyl (C=O) groups is 2. The Labute approximate surface area is 197 Å². The van der Waals surface area contributed by atoms with Gasteiger partial charge in [-0.3, -0.25) is 14.5 Å². The molecule has 1 N–H and O–H groups in total. The summed E-state index contributed by atoms with van der Waals surface area (Å²) in [6.45, 7) is 7.42. The first-order chi connectivity index (χ1) is 16.1. The van der Waals surface area contributed by atoms with Gasteiger partial charge in [0.1, 0.15) is 0 Å². The first-order valence-corrected chi connectivity index (χ1v) is 12.3. The van der Waals surface area contributed by atoms with E-state index in [0.717, 1.165) is 37.4 Å². The lowest BCUT2D eigenvalue weighted by molar-refractivity contribution is -0.132. The summed E-state index contributed by atoms with van der Waals surface area (Å²) in [5, 5.41) is 3.02. The molecule has 2 aromatic rings. The standard InChI is InChI=1S/C27H36N4O2/c1-22-6-8-23(9-7-22)20-27(33)31-18-16-29(17-19-31)21-26(32)28-24-10-12-25(13-11-24)30-14-4-2-3-5-15-30/h6-13H,2-5,14-21H2,1H3,(H,28,32). The molecule has 4 rings (SSSR count). The minimum atomic E-state index is -0.00282. The average molecular weight is 449 g/mol. The minimum absolute atomic E-state index is 0.00282. The van der Waals surface area contributed by atoms with Crippen LogP contribution in [0.4, 0.5) is 11.4 Å². The molecule has 2 fully saturated rings. The lowest BCUT2D eigenvalue weighted by Gasteiger charge is -2.34. The smallest absolute Gasteiger partial charge is 0.238 e. The van der Waals surface area contributed by atoms with E-state index in [9.17, 15) is 9.59 Å². The molecule has 0 radical (unpaired) electrons. The van der Waals surface area contributed by atoms with E-state index in [4.69, 9.17) is 0 Å². The third kappa shape index (κ3) is 6.81. The van der Waals surface area contributed by atoms with Gasteiger partial charge in [0.15, 0.2) is 0 Å². The molecule has 0 spiro atoms. The van der Waals surface area contributed by atoms with Crippen LogP contribution in [0.5, 0.6) is 0 Å². The van der Waals surface area contributed by atoms with Gasteiger partial charge >= 0.3 is 0 Å². The van der Waals surface area contributed by atoms with Gasteiger partial charge < -0.3 is 15.1 Å². The van der Waals surface area contributed by atoms with Crippen molar-refractivity contribution in [3.8, 4) is 0 Å². The van der Waals surface area contributed by atoms with Crippen molar-refractivity contribution < 1.29 is 9.59 Å². The molecule has 2 aliphatic heterocycles. The molecule has 2 aromatic carbocycles. The molecule has 0 bridgehead atoms. The zero-order chi connectivity index (χ0) is 23.0. The number of rotatable bonds is 6. The number of benzene rings is 2. The van der Waals surface area contributed by atoms with Crippen LogP contribution in [-0.4, -0.2) is 67.4 Å². The first kappa shape index (κ1) is 23.3. The second-order valence-electron chi connectivity index (χ2n) is 9.32. The van der Waals surface area contributed by atoms with E-state index >= 15 is 0 Å². The fourth-order valence-electron chi connectivity index (χ4n) is 4.64. The number of hydrogen-bond acceptors (Lipinski definition) is 4. The van der Waals surface area contributed by atoms with E-state index in [1.54, 1.807) is 0 Å². The predicted molar refractivity (Wildman–Crippen MR) is 134 cm³/mol. The van der Waals surface area contributed by atoms with Gasteiger partial charge in [0.05, 0.1) is 13.0 Å². The largest absolute Gasteiger partial charge is 0.372 e. The fraction of sp³-hybridized carbons (Fsp3) is 0.481. The van der Waals surface area contributed by atoms with Crippen LogP contribution >= 0.6 is 0 Å². The quantitative estimate of drug-likeness (QED) is 0.732. The van der Waals surface area contributed by atoms with Crippen LogP contribution in [0.25, 0.3) is 0 Å². The maximum Gasteiger partial charge on any atom is 0.238 e. The zero-order valence-corrected chi connectivity index (χ0v) is 19.8. The number of nitrogens with zero attached hydrogens (tertiary/aromatic N) is 3. The Kier molecular flexibility index (Phi) is 8.00. The van der Waals surface area contributed by atoms with Crippen LogP contribution in [0.1, 0.15) is 36.8 Å². The second-order valence-corrected chi connectivity index (χ2v) is 9.32. The maximum atomic E-state index is 12.6. The van der Waals surface area contributed by atoms with Crippen LogP contribution < -0.4 is 10.2 Å². The first-order valence-electron chi connectivity index (χ1n) is 12.3. The van der Waals surface area contributed by atoms with Gasteiger partial charge in [0, 0.05) is 50.6 Å². The molecule has 0 unspecified atom stereocenters. The number of carbonyl (C=O) groups excluding carboxylic acids is 2. The summed E-state index contributed by atoms with van der Waals surface area (Å²) in [6, 6.07) is 16.4. The Bertz CT molecular complexity index is 910. The van der Waals surface area contributed by atoms with E-state index in [1.165, 1.54) is 36.9 Å². The summed E-state index contributed by atoms with van der Waals surface area (Å²) >= 11 is 0. The normalized spacial score (nSPS) is 17.5. The van der Waals surface area contributed by atoms with Gasteiger partial charge in [0.25, 0.3) is 0 Å². The summed E-state index contributed by atoms with van der Waals surface area (Å²) in [4.78, 5) is 31.6. The van der Waals surface area contributed by atoms with Crippen molar-refractivity contribution in [2.75, 3.05) is 56.0 Å². The molecule has 2 amide bonds. The molecule has 176 valence electrons. The SMILES string of the molecule is Cc1ccc(CC(=O)N2CCN(CC(=O)Nc3ccc(N4CCCCCC4)cc3)CC2)cc1. The Hall–Kier alpha value is -2.86. The Morgan fingerprint density at radius 2 is 1.42 bits per heavy atom. The van der Waals surface area contributed by atoms with Crippen molar-refractivity contribution >= 4 is 23.2 Å². The molecule has 0 atom stereocenters. The second kappa shape index (κ2) is 11.3. The monoisotopic (exact) mass is 448 g/mol. The van der Waals surface area contributed by atoms with E-state index in [-0.39, 0.29) is 11.8 Å². The van der Waals surface area contributed by atoms with Gasteiger partial charge in [-0.15, -0.1) is 0 Å². The predicted octanol–water partition coefficient (Wildman–Crippen LogP) is 3.70. The van der Waals surface area contributed by atoms with E-state index in [2.05, 4.69) is 27.2 Å². The molecule has 6 nitrogen and oxygen atoms in total. The van der Waals surface area contributed by atoms with Crippen LogP contribution in [0.2, 0.25) is 0 Å². The molecule has 2 aliphatic rings. The van der Waals surface area contributed by atoms with Crippen LogP contribution in [0, 0.1) is 6.92 Å². The number of nitrogens with one attached hydrogen (secondary N) is 1. The number of aryl methyl sites for hydroxylation is 1. The number of anilines is 2. The number of piperazine rings is 1. The Balaban J connectivity index is 1.19. The van der Waals surface area contributed by atoms with Crippen molar-refractivity contribution in [3.63, 3.8) is 0 Å². The van der Waals surface area contributed by atoms with Crippen molar-refractivity contribution in [1.29, 1.82) is 0 Å². The summed E-state index contributed by atoms with van der Waals surface area (Å²) in [7, 11) is 0. The van der Waals surface area contributed by atoms with Crippen molar-refractivity contribution in [3.05, 3.63) is 59.7 Å². The molecule has 33 heavy (non-hydrogen) atoms. The van der Waals surface area contributed by atoms with Crippen LogP contribution in [-0.2, 0) is 16.0 Å². The third-order valence-corrected chi connectivity index (χ3v) is 6.69. The number of amides is 2. The summed E-state index contributed by atoms with van der Waals surface area (Å²) < 4.78 is 0. The lowest BCUT2D eigenvalue weighted by atomic mass is 10.1. The highest BCUT2D eigenvalue weighted by atomic mass is 16.2. The van der Waals surface area contributed by atoms with Gasteiger partial charge in [-0.2, -0.15) is 0 Å². The average Bonchev–Trinajstić information content (AvgIpc) is 3.11.